The molecule has 0 atom stereocenters. The van der Waals surface area contributed by atoms with Gasteiger partial charge >= 0.3 is 0 Å². The van der Waals surface area contributed by atoms with E-state index >= 15 is 0 Å². The van der Waals surface area contributed by atoms with Crippen molar-refractivity contribution in [1.82, 2.24) is 0 Å². The summed E-state index contributed by atoms with van der Waals surface area (Å²) in [6.45, 7) is 4.54. The highest BCUT2D eigenvalue weighted by atomic mass is 32.2. The lowest BCUT2D eigenvalue weighted by Crippen LogP contribution is -1.89. The molecule has 2 aromatic rings. The summed E-state index contributed by atoms with van der Waals surface area (Å²) in [7, 11) is 0. The largest absolute Gasteiger partial charge is 0.133 e. The van der Waals surface area contributed by atoms with Gasteiger partial charge in [0.15, 0.2) is 0 Å². The number of fused-ring (bicyclic) bond motifs is 1. The molecule has 2 heterocycles. The maximum absolute atomic E-state index is 2.33. The maximum Gasteiger partial charge on any atom is 0.0867 e. The Morgan fingerprint density at radius 3 is 2.92 bits per heavy atom. The summed E-state index contributed by atoms with van der Waals surface area (Å²) in [5.41, 5.74) is 0. The first-order valence-corrected chi connectivity index (χ1v) is 5.91. The van der Waals surface area contributed by atoms with Gasteiger partial charge < -0.3 is 0 Å². The lowest BCUT2D eigenvalue weighted by molar-refractivity contribution is 0.654. The summed E-state index contributed by atoms with van der Waals surface area (Å²) in [5, 5.41) is 3.60. The molecular formula is C10H12S2. The van der Waals surface area contributed by atoms with Gasteiger partial charge in [-0.15, -0.1) is 22.7 Å². The van der Waals surface area contributed by atoms with E-state index in [1.807, 2.05) is 22.7 Å². The first-order chi connectivity index (χ1) is 5.75. The minimum absolute atomic E-state index is 0.776. The average Bonchev–Trinajstić information content (AvgIpc) is 2.43. The quantitative estimate of drug-likeness (QED) is 0.676. The van der Waals surface area contributed by atoms with Crippen molar-refractivity contribution in [2.24, 2.45) is 5.92 Å². The highest BCUT2D eigenvalue weighted by Crippen LogP contribution is 2.31. The molecule has 0 saturated heterocycles. The number of thiophene rings is 2. The second-order valence-electron chi connectivity index (χ2n) is 3.47. The molecule has 0 unspecified atom stereocenters. The maximum atomic E-state index is 2.33. The Hall–Kier alpha value is -0.340. The van der Waals surface area contributed by atoms with Gasteiger partial charge in [-0.25, -0.2) is 0 Å². The minimum Gasteiger partial charge on any atom is -0.133 e. The molecule has 12 heavy (non-hydrogen) atoms. The fourth-order valence-corrected chi connectivity index (χ4v) is 3.69. The third kappa shape index (κ3) is 1.54. The van der Waals surface area contributed by atoms with Crippen molar-refractivity contribution < 1.29 is 0 Å². The molecule has 2 heteroatoms. The number of rotatable bonds is 2. The number of hydrogen-bond donors (Lipinski definition) is 0. The van der Waals surface area contributed by atoms with E-state index in [-0.39, 0.29) is 0 Å². The zero-order valence-electron chi connectivity index (χ0n) is 7.33. The second kappa shape index (κ2) is 3.19. The zero-order valence-corrected chi connectivity index (χ0v) is 8.97. The van der Waals surface area contributed by atoms with Gasteiger partial charge in [-0.2, -0.15) is 0 Å². The Kier molecular flexibility index (Phi) is 2.20. The normalized spacial score (nSPS) is 11.6. The summed E-state index contributed by atoms with van der Waals surface area (Å²) in [5.74, 6) is 0.776. The molecule has 0 amide bonds. The summed E-state index contributed by atoms with van der Waals surface area (Å²) < 4.78 is 1.48. The third-order valence-electron chi connectivity index (χ3n) is 1.81. The van der Waals surface area contributed by atoms with Crippen LogP contribution < -0.4 is 0 Å². The molecule has 0 aromatic carbocycles. The van der Waals surface area contributed by atoms with E-state index in [9.17, 15) is 0 Å². The van der Waals surface area contributed by atoms with Crippen molar-refractivity contribution in [3.63, 3.8) is 0 Å². The van der Waals surface area contributed by atoms with Crippen molar-refractivity contribution in [1.29, 1.82) is 0 Å². The van der Waals surface area contributed by atoms with Crippen molar-refractivity contribution >= 4 is 32.1 Å². The van der Waals surface area contributed by atoms with Gasteiger partial charge in [-0.05, 0) is 29.9 Å². The molecule has 64 valence electrons. The molecule has 2 aromatic heterocycles. The summed E-state index contributed by atoms with van der Waals surface area (Å²) >= 11 is 3.80. The fraction of sp³-hybridized carbons (Fsp3) is 0.400. The molecule has 0 fully saturated rings. The second-order valence-corrected chi connectivity index (χ2v) is 5.79. The lowest BCUT2D eigenvalue weighted by Gasteiger charge is -1.98. The van der Waals surface area contributed by atoms with Crippen molar-refractivity contribution in [2.75, 3.05) is 0 Å². The zero-order chi connectivity index (χ0) is 8.55. The minimum atomic E-state index is 0.776. The van der Waals surface area contributed by atoms with Crippen molar-refractivity contribution in [3.05, 3.63) is 22.4 Å². The average molecular weight is 196 g/mol. The molecule has 0 aliphatic rings. The molecule has 2 rings (SSSR count). The van der Waals surface area contributed by atoms with Gasteiger partial charge in [0.2, 0.25) is 0 Å². The van der Waals surface area contributed by atoms with Crippen LogP contribution >= 0.6 is 22.7 Å². The Bertz CT molecular complexity index is 339. The highest BCUT2D eigenvalue weighted by molar-refractivity contribution is 7.37. The molecule has 0 N–H and O–H groups in total. The van der Waals surface area contributed by atoms with E-state index in [4.69, 9.17) is 0 Å². The van der Waals surface area contributed by atoms with Crippen LogP contribution in [-0.4, -0.2) is 0 Å². The third-order valence-corrected chi connectivity index (χ3v) is 4.04. The van der Waals surface area contributed by atoms with Gasteiger partial charge in [0, 0.05) is 10.3 Å². The van der Waals surface area contributed by atoms with Crippen LogP contribution in [0.3, 0.4) is 0 Å². The van der Waals surface area contributed by atoms with Crippen LogP contribution in [0.15, 0.2) is 17.5 Å². The van der Waals surface area contributed by atoms with Crippen LogP contribution in [0.4, 0.5) is 0 Å². The topological polar surface area (TPSA) is 0 Å². The first kappa shape index (κ1) is 8.27. The van der Waals surface area contributed by atoms with Crippen LogP contribution in [0.2, 0.25) is 0 Å². The van der Waals surface area contributed by atoms with Gasteiger partial charge in [-0.1, -0.05) is 13.8 Å². The Labute approximate surface area is 80.9 Å². The van der Waals surface area contributed by atoms with Gasteiger partial charge in [0.05, 0.1) is 4.01 Å². The standard InChI is InChI=1S/C10H12S2/c1-7(2)5-9-6-8-3-4-11-10(8)12-9/h3-4,6-7H,5H2,1-2H3. The monoisotopic (exact) mass is 196 g/mol. The Balaban J connectivity index is 2.32. The van der Waals surface area contributed by atoms with Crippen LogP contribution in [0.25, 0.3) is 9.40 Å². The predicted molar refractivity (Wildman–Crippen MR) is 58.2 cm³/mol. The molecule has 0 nitrogen and oxygen atoms in total. The van der Waals surface area contributed by atoms with Gasteiger partial charge in [-0.3, -0.25) is 0 Å². The van der Waals surface area contributed by atoms with E-state index in [0.29, 0.717) is 0 Å². The summed E-state index contributed by atoms with van der Waals surface area (Å²) in [6.07, 6.45) is 1.23. The van der Waals surface area contributed by atoms with Crippen LogP contribution in [0.5, 0.6) is 0 Å². The predicted octanol–water partition coefficient (Wildman–Crippen LogP) is 4.16. The summed E-state index contributed by atoms with van der Waals surface area (Å²) in [6, 6.07) is 4.54. The summed E-state index contributed by atoms with van der Waals surface area (Å²) in [4.78, 5) is 1.53. The Morgan fingerprint density at radius 2 is 2.25 bits per heavy atom. The van der Waals surface area contributed by atoms with Gasteiger partial charge in [0.1, 0.15) is 0 Å². The Morgan fingerprint density at radius 1 is 1.42 bits per heavy atom. The van der Waals surface area contributed by atoms with Crippen LogP contribution in [0.1, 0.15) is 18.7 Å². The lowest BCUT2D eigenvalue weighted by atomic mass is 10.1. The first-order valence-electron chi connectivity index (χ1n) is 4.21. The van der Waals surface area contributed by atoms with Crippen LogP contribution in [-0.2, 0) is 6.42 Å². The van der Waals surface area contributed by atoms with E-state index < -0.39 is 0 Å². The van der Waals surface area contributed by atoms with E-state index in [1.165, 1.54) is 20.7 Å². The molecule has 0 aliphatic heterocycles. The molecule has 0 spiro atoms. The van der Waals surface area contributed by atoms with Crippen molar-refractivity contribution in [2.45, 2.75) is 20.3 Å². The molecule has 0 aliphatic carbocycles. The molecule has 0 radical (unpaired) electrons. The smallest absolute Gasteiger partial charge is 0.0867 e. The van der Waals surface area contributed by atoms with Crippen LogP contribution in [0, 0.1) is 5.92 Å². The van der Waals surface area contributed by atoms with Gasteiger partial charge in [0.25, 0.3) is 0 Å². The van der Waals surface area contributed by atoms with E-state index in [1.54, 1.807) is 0 Å². The number of hydrogen-bond acceptors (Lipinski definition) is 2. The SMILES string of the molecule is CC(C)Cc1cc2ccsc2s1. The molecule has 0 bridgehead atoms. The van der Waals surface area contributed by atoms with E-state index in [0.717, 1.165) is 5.92 Å². The molecule has 0 saturated carbocycles. The van der Waals surface area contributed by atoms with E-state index in [2.05, 4.69) is 31.4 Å². The van der Waals surface area contributed by atoms with Crippen molar-refractivity contribution in [3.8, 4) is 0 Å². The molecular weight excluding hydrogens is 184 g/mol. The highest BCUT2D eigenvalue weighted by Gasteiger charge is 2.03. The fourth-order valence-electron chi connectivity index (χ4n) is 1.32.